The van der Waals surface area contributed by atoms with E-state index in [1.807, 2.05) is 0 Å². The van der Waals surface area contributed by atoms with E-state index in [1.54, 1.807) is 0 Å². The van der Waals surface area contributed by atoms with Crippen LogP contribution in [0.15, 0.2) is 12.1 Å². The zero-order valence-electron chi connectivity index (χ0n) is 18.2. The standard InChI is InChI=1S/C25H33F5O/c1-2-3-16-4-6-17(7-5-16)18-8-10-24(11-9-18)14-19(15-24)25(29,30)31-20-12-21(26)23(28)22(27)13-20/h12-13,16-19H,2-11,14-15H2,1H3. The molecule has 0 amide bonds. The summed E-state index contributed by atoms with van der Waals surface area (Å²) in [5.74, 6) is -3.96. The van der Waals surface area contributed by atoms with Gasteiger partial charge in [-0.2, -0.15) is 8.78 Å². The van der Waals surface area contributed by atoms with Crippen molar-refractivity contribution in [2.45, 2.75) is 90.1 Å². The van der Waals surface area contributed by atoms with Crippen molar-refractivity contribution in [3.63, 3.8) is 0 Å². The first kappa shape index (κ1) is 22.8. The predicted molar refractivity (Wildman–Crippen MR) is 109 cm³/mol. The van der Waals surface area contributed by atoms with Gasteiger partial charge in [0, 0.05) is 12.1 Å². The molecule has 0 heterocycles. The van der Waals surface area contributed by atoms with E-state index in [0.29, 0.717) is 25.0 Å². The van der Waals surface area contributed by atoms with Crippen LogP contribution in [0.1, 0.15) is 84.0 Å². The molecule has 174 valence electrons. The molecular weight excluding hydrogens is 411 g/mol. The lowest BCUT2D eigenvalue weighted by Gasteiger charge is -2.53. The Hall–Kier alpha value is -1.33. The van der Waals surface area contributed by atoms with E-state index < -0.39 is 35.2 Å². The summed E-state index contributed by atoms with van der Waals surface area (Å²) >= 11 is 0. The van der Waals surface area contributed by atoms with Crippen LogP contribution in [0.5, 0.6) is 5.75 Å². The van der Waals surface area contributed by atoms with Gasteiger partial charge < -0.3 is 4.74 Å². The normalized spacial score (nSPS) is 33.9. The highest BCUT2D eigenvalue weighted by molar-refractivity contribution is 5.25. The maximum atomic E-state index is 14.6. The number of alkyl halides is 2. The Morgan fingerprint density at radius 3 is 2.00 bits per heavy atom. The predicted octanol–water partition coefficient (Wildman–Crippen LogP) is 8.27. The van der Waals surface area contributed by atoms with Crippen LogP contribution < -0.4 is 4.74 Å². The smallest absolute Gasteiger partial charge is 0.400 e. The minimum atomic E-state index is -3.52. The van der Waals surface area contributed by atoms with Gasteiger partial charge >= 0.3 is 6.11 Å². The molecule has 0 unspecified atom stereocenters. The highest BCUT2D eigenvalue weighted by Gasteiger charge is 2.57. The van der Waals surface area contributed by atoms with Gasteiger partial charge in [0.1, 0.15) is 5.75 Å². The molecule has 0 bridgehead atoms. The Morgan fingerprint density at radius 2 is 1.45 bits per heavy atom. The summed E-state index contributed by atoms with van der Waals surface area (Å²) in [7, 11) is 0. The molecule has 0 aromatic heterocycles. The first-order chi connectivity index (χ1) is 14.7. The quantitative estimate of drug-likeness (QED) is 0.317. The van der Waals surface area contributed by atoms with Crippen LogP contribution >= 0.6 is 0 Å². The molecule has 3 saturated carbocycles. The number of ether oxygens (including phenoxy) is 1. The molecule has 1 aromatic rings. The lowest BCUT2D eigenvalue weighted by Crippen LogP contribution is -2.50. The topological polar surface area (TPSA) is 9.23 Å². The van der Waals surface area contributed by atoms with Crippen molar-refractivity contribution in [2.24, 2.45) is 29.1 Å². The van der Waals surface area contributed by atoms with Gasteiger partial charge in [-0.3, -0.25) is 0 Å². The molecule has 3 fully saturated rings. The van der Waals surface area contributed by atoms with Gasteiger partial charge in [-0.05, 0) is 74.5 Å². The van der Waals surface area contributed by atoms with Gasteiger partial charge in [0.25, 0.3) is 0 Å². The Labute approximate surface area is 181 Å². The SMILES string of the molecule is CCCC1CCC(C2CCC3(CC2)CC(C(F)(F)Oc2cc(F)c(F)c(F)c2)C3)CC1. The van der Waals surface area contributed by atoms with Gasteiger partial charge in [0.2, 0.25) is 0 Å². The van der Waals surface area contributed by atoms with Crippen LogP contribution in [-0.2, 0) is 0 Å². The van der Waals surface area contributed by atoms with Crippen LogP contribution in [0.25, 0.3) is 0 Å². The van der Waals surface area contributed by atoms with E-state index in [4.69, 9.17) is 0 Å². The molecule has 0 aliphatic heterocycles. The molecular formula is C25H33F5O. The highest BCUT2D eigenvalue weighted by atomic mass is 19.3. The molecule has 0 saturated heterocycles. The van der Waals surface area contributed by atoms with Gasteiger partial charge in [0.05, 0.1) is 5.92 Å². The molecule has 0 N–H and O–H groups in total. The Balaban J connectivity index is 1.26. The number of hydrogen-bond acceptors (Lipinski definition) is 1. The maximum absolute atomic E-state index is 14.6. The first-order valence-electron chi connectivity index (χ1n) is 11.9. The molecule has 0 radical (unpaired) electrons. The minimum Gasteiger partial charge on any atom is -0.432 e. The number of rotatable bonds is 6. The number of benzene rings is 1. The average Bonchev–Trinajstić information content (AvgIpc) is 2.71. The van der Waals surface area contributed by atoms with Crippen LogP contribution in [0.2, 0.25) is 0 Å². The summed E-state index contributed by atoms with van der Waals surface area (Å²) in [5.41, 5.74) is -0.0351. The summed E-state index contributed by atoms with van der Waals surface area (Å²) in [5, 5.41) is 0. The Morgan fingerprint density at radius 1 is 0.903 bits per heavy atom. The summed E-state index contributed by atoms with van der Waals surface area (Å²) in [4.78, 5) is 0. The van der Waals surface area contributed by atoms with Crippen molar-refractivity contribution >= 4 is 0 Å². The Bertz CT molecular complexity index is 732. The third kappa shape index (κ3) is 4.88. The summed E-state index contributed by atoms with van der Waals surface area (Å²) in [6, 6.07) is 0.947. The second-order valence-corrected chi connectivity index (χ2v) is 10.4. The molecule has 0 atom stereocenters. The molecule has 3 aliphatic carbocycles. The van der Waals surface area contributed by atoms with Gasteiger partial charge in [-0.1, -0.05) is 32.6 Å². The van der Waals surface area contributed by atoms with E-state index in [2.05, 4.69) is 11.7 Å². The molecule has 4 rings (SSSR count). The van der Waals surface area contributed by atoms with E-state index >= 15 is 0 Å². The van der Waals surface area contributed by atoms with Gasteiger partial charge in [-0.25, -0.2) is 13.2 Å². The monoisotopic (exact) mass is 444 g/mol. The summed E-state index contributed by atoms with van der Waals surface area (Å²) in [6.45, 7) is 2.25. The van der Waals surface area contributed by atoms with E-state index in [9.17, 15) is 22.0 Å². The zero-order chi connectivity index (χ0) is 22.2. The second kappa shape index (κ2) is 8.90. The van der Waals surface area contributed by atoms with Gasteiger partial charge in [0.15, 0.2) is 17.5 Å². The van der Waals surface area contributed by atoms with E-state index in [1.165, 1.54) is 38.5 Å². The van der Waals surface area contributed by atoms with Crippen molar-refractivity contribution in [3.05, 3.63) is 29.6 Å². The fourth-order valence-corrected chi connectivity index (χ4v) is 6.54. The van der Waals surface area contributed by atoms with Crippen molar-refractivity contribution in [1.82, 2.24) is 0 Å². The molecule has 1 nitrogen and oxygen atoms in total. The summed E-state index contributed by atoms with van der Waals surface area (Å²) in [6.07, 6.45) is 9.39. The highest BCUT2D eigenvalue weighted by Crippen LogP contribution is 2.60. The number of hydrogen-bond donors (Lipinski definition) is 0. The van der Waals surface area contributed by atoms with Crippen molar-refractivity contribution < 1.29 is 26.7 Å². The van der Waals surface area contributed by atoms with Crippen LogP contribution in [0.4, 0.5) is 22.0 Å². The molecule has 1 spiro atoms. The Kier molecular flexibility index (Phi) is 6.56. The minimum absolute atomic E-state index is 0.0351. The third-order valence-electron chi connectivity index (χ3n) is 8.39. The number of halogens is 5. The fraction of sp³-hybridized carbons (Fsp3) is 0.760. The van der Waals surface area contributed by atoms with Crippen molar-refractivity contribution in [3.8, 4) is 5.75 Å². The molecule has 31 heavy (non-hydrogen) atoms. The first-order valence-corrected chi connectivity index (χ1v) is 11.9. The van der Waals surface area contributed by atoms with Crippen LogP contribution in [0.3, 0.4) is 0 Å². The van der Waals surface area contributed by atoms with Gasteiger partial charge in [-0.15, -0.1) is 0 Å². The van der Waals surface area contributed by atoms with Crippen molar-refractivity contribution in [1.29, 1.82) is 0 Å². The molecule has 3 aliphatic rings. The fourth-order valence-electron chi connectivity index (χ4n) is 6.54. The lowest BCUT2D eigenvalue weighted by molar-refractivity contribution is -0.259. The van der Waals surface area contributed by atoms with E-state index in [-0.39, 0.29) is 5.41 Å². The molecule has 6 heteroatoms. The largest absolute Gasteiger partial charge is 0.432 e. The average molecular weight is 445 g/mol. The summed E-state index contributed by atoms with van der Waals surface area (Å²) < 4.78 is 73.4. The van der Waals surface area contributed by atoms with Crippen LogP contribution in [0, 0.1) is 46.5 Å². The van der Waals surface area contributed by atoms with Crippen LogP contribution in [-0.4, -0.2) is 6.11 Å². The molecule has 1 aromatic carbocycles. The third-order valence-corrected chi connectivity index (χ3v) is 8.39. The van der Waals surface area contributed by atoms with E-state index in [0.717, 1.165) is 43.4 Å². The lowest BCUT2D eigenvalue weighted by atomic mass is 9.53. The maximum Gasteiger partial charge on any atom is 0.400 e. The second-order valence-electron chi connectivity index (χ2n) is 10.4. The zero-order valence-corrected chi connectivity index (χ0v) is 18.2. The van der Waals surface area contributed by atoms with Crippen molar-refractivity contribution in [2.75, 3.05) is 0 Å².